The van der Waals surface area contributed by atoms with Crippen molar-refractivity contribution in [1.82, 2.24) is 4.98 Å². The molecular weight excluding hydrogens is 418 g/mol. The highest BCUT2D eigenvalue weighted by Crippen LogP contribution is 2.35. The summed E-state index contributed by atoms with van der Waals surface area (Å²) in [4.78, 5) is 29.4. The van der Waals surface area contributed by atoms with Crippen LogP contribution in [0.1, 0.15) is 44.4 Å². The molecule has 0 aliphatic heterocycles. The third-order valence-corrected chi connectivity index (χ3v) is 6.42. The lowest BCUT2D eigenvalue weighted by Crippen LogP contribution is -2.08. The fourth-order valence-corrected chi connectivity index (χ4v) is 4.67. The number of Topliss-reactive ketones (excluding diaryl/α,β-unsaturated/α-hetero) is 1. The molecule has 0 radical (unpaired) electrons. The number of aromatic nitrogens is 1. The number of thiophene rings is 1. The third-order valence-electron chi connectivity index (χ3n) is 4.22. The molecule has 2 aromatic heterocycles. The molecule has 0 saturated carbocycles. The smallest absolute Gasteiger partial charge is 0.341 e. The summed E-state index contributed by atoms with van der Waals surface area (Å²) in [6, 6.07) is 11.8. The van der Waals surface area contributed by atoms with Gasteiger partial charge in [0.05, 0.1) is 22.7 Å². The van der Waals surface area contributed by atoms with Gasteiger partial charge in [0.25, 0.3) is 0 Å². The molecule has 3 aromatic rings. The zero-order chi connectivity index (χ0) is 21.7. The van der Waals surface area contributed by atoms with Crippen LogP contribution >= 0.6 is 22.7 Å². The summed E-state index contributed by atoms with van der Waals surface area (Å²) in [5.41, 5.74) is 2.96. The van der Waals surface area contributed by atoms with E-state index in [1.165, 1.54) is 35.8 Å². The Kier molecular flexibility index (Phi) is 6.77. The normalized spacial score (nSPS) is 11.1. The van der Waals surface area contributed by atoms with Crippen molar-refractivity contribution in [1.29, 1.82) is 5.26 Å². The summed E-state index contributed by atoms with van der Waals surface area (Å²) in [7, 11) is 0. The predicted octanol–water partition coefficient (Wildman–Crippen LogP) is 5.54. The van der Waals surface area contributed by atoms with Crippen LogP contribution in [0.25, 0.3) is 16.8 Å². The molecule has 152 valence electrons. The third kappa shape index (κ3) is 4.48. The summed E-state index contributed by atoms with van der Waals surface area (Å²) in [6.07, 6.45) is 1.51. The zero-order valence-electron chi connectivity index (χ0n) is 16.7. The summed E-state index contributed by atoms with van der Waals surface area (Å²) in [5.74, 6) is -0.637. The Hall–Kier alpha value is -3.28. The van der Waals surface area contributed by atoms with Crippen molar-refractivity contribution in [2.24, 2.45) is 0 Å². The van der Waals surface area contributed by atoms with Crippen LogP contribution in [-0.4, -0.2) is 23.3 Å². The number of nitriles is 1. The van der Waals surface area contributed by atoms with Gasteiger partial charge in [-0.3, -0.25) is 4.79 Å². The standard InChI is InChI=1S/C22H19N3O3S2/c1-4-28-22(27)18-13(2)19(14(3)26)30-21(18)24-11-16(10-23)20-25-17(12-29-20)15-8-6-5-7-9-15/h5-9,11-12,24H,4H2,1-3H3/b16-11+. The Morgan fingerprint density at radius 1 is 1.30 bits per heavy atom. The van der Waals surface area contributed by atoms with Crippen LogP contribution in [0.15, 0.2) is 41.9 Å². The number of carbonyl (C=O) groups excluding carboxylic acids is 2. The summed E-state index contributed by atoms with van der Waals surface area (Å²) < 4.78 is 5.13. The van der Waals surface area contributed by atoms with Crippen LogP contribution in [0.4, 0.5) is 5.00 Å². The van der Waals surface area contributed by atoms with Gasteiger partial charge in [0.15, 0.2) is 5.78 Å². The molecule has 0 unspecified atom stereocenters. The van der Waals surface area contributed by atoms with Gasteiger partial charge in [0.1, 0.15) is 21.7 Å². The number of nitrogens with zero attached hydrogens (tertiary/aromatic N) is 2. The Morgan fingerprint density at radius 3 is 2.67 bits per heavy atom. The number of ether oxygens (including phenoxy) is 1. The molecule has 0 spiro atoms. The van der Waals surface area contributed by atoms with Crippen molar-refractivity contribution in [3.05, 3.63) is 62.9 Å². The number of nitrogens with one attached hydrogen (secondary N) is 1. The van der Waals surface area contributed by atoms with Crippen LogP contribution in [0, 0.1) is 18.3 Å². The Balaban J connectivity index is 1.93. The molecule has 0 amide bonds. The second-order valence-electron chi connectivity index (χ2n) is 6.26. The first kappa shape index (κ1) is 21.4. The molecule has 3 rings (SSSR count). The molecule has 0 atom stereocenters. The lowest BCUT2D eigenvalue weighted by molar-refractivity contribution is 0.0527. The number of hydrogen-bond acceptors (Lipinski definition) is 8. The van der Waals surface area contributed by atoms with Crippen LogP contribution < -0.4 is 5.32 Å². The minimum absolute atomic E-state index is 0.131. The van der Waals surface area contributed by atoms with E-state index < -0.39 is 5.97 Å². The Bertz CT molecular complexity index is 1150. The molecule has 1 aromatic carbocycles. The molecule has 0 fully saturated rings. The van der Waals surface area contributed by atoms with Crippen molar-refractivity contribution < 1.29 is 14.3 Å². The van der Waals surface area contributed by atoms with E-state index in [1.54, 1.807) is 13.8 Å². The average molecular weight is 438 g/mol. The minimum Gasteiger partial charge on any atom is -0.462 e. The maximum atomic E-state index is 12.4. The summed E-state index contributed by atoms with van der Waals surface area (Å²) in [5, 5.41) is 15.5. The lowest BCUT2D eigenvalue weighted by Gasteiger charge is -2.05. The molecular formula is C22H19N3O3S2. The quantitative estimate of drug-likeness (QED) is 0.297. The molecule has 0 bridgehead atoms. The highest BCUT2D eigenvalue weighted by molar-refractivity contribution is 7.18. The first-order valence-electron chi connectivity index (χ1n) is 9.15. The molecule has 30 heavy (non-hydrogen) atoms. The lowest BCUT2D eigenvalue weighted by atomic mass is 10.1. The zero-order valence-corrected chi connectivity index (χ0v) is 18.3. The van der Waals surface area contributed by atoms with Crippen LogP contribution in [0.3, 0.4) is 0 Å². The van der Waals surface area contributed by atoms with Crippen molar-refractivity contribution in [2.75, 3.05) is 11.9 Å². The largest absolute Gasteiger partial charge is 0.462 e. The van der Waals surface area contributed by atoms with Gasteiger partial charge in [-0.25, -0.2) is 9.78 Å². The first-order chi connectivity index (χ1) is 14.5. The second kappa shape index (κ2) is 9.48. The van der Waals surface area contributed by atoms with E-state index in [9.17, 15) is 14.9 Å². The van der Waals surface area contributed by atoms with Gasteiger partial charge in [-0.15, -0.1) is 22.7 Å². The highest BCUT2D eigenvalue weighted by atomic mass is 32.1. The molecule has 1 N–H and O–H groups in total. The monoisotopic (exact) mass is 437 g/mol. The van der Waals surface area contributed by atoms with Crippen molar-refractivity contribution in [3.8, 4) is 17.3 Å². The number of esters is 1. The number of allylic oxidation sites excluding steroid dienone is 1. The maximum Gasteiger partial charge on any atom is 0.341 e. The van der Waals surface area contributed by atoms with E-state index >= 15 is 0 Å². The Labute approximate surface area is 182 Å². The molecule has 6 nitrogen and oxygen atoms in total. The molecule has 0 aliphatic carbocycles. The van der Waals surface area contributed by atoms with E-state index in [0.29, 0.717) is 31.6 Å². The van der Waals surface area contributed by atoms with Crippen LogP contribution in [0.2, 0.25) is 0 Å². The maximum absolute atomic E-state index is 12.4. The number of benzene rings is 1. The number of ketones is 1. The van der Waals surface area contributed by atoms with Gasteiger partial charge in [0, 0.05) is 17.1 Å². The van der Waals surface area contributed by atoms with Gasteiger partial charge in [-0.1, -0.05) is 30.3 Å². The van der Waals surface area contributed by atoms with Gasteiger partial charge in [0.2, 0.25) is 0 Å². The van der Waals surface area contributed by atoms with Gasteiger partial charge in [-0.2, -0.15) is 5.26 Å². The Morgan fingerprint density at radius 2 is 2.03 bits per heavy atom. The van der Waals surface area contributed by atoms with Crippen molar-refractivity contribution >= 4 is 45.0 Å². The fourth-order valence-electron chi connectivity index (χ4n) is 2.82. The van der Waals surface area contributed by atoms with Crippen LogP contribution in [-0.2, 0) is 4.74 Å². The van der Waals surface area contributed by atoms with Crippen molar-refractivity contribution in [2.45, 2.75) is 20.8 Å². The van der Waals surface area contributed by atoms with E-state index in [2.05, 4.69) is 16.4 Å². The fraction of sp³-hybridized carbons (Fsp3) is 0.182. The average Bonchev–Trinajstić information content (AvgIpc) is 3.34. The van der Waals surface area contributed by atoms with Gasteiger partial charge >= 0.3 is 5.97 Å². The summed E-state index contributed by atoms with van der Waals surface area (Å²) >= 11 is 2.53. The molecule has 8 heteroatoms. The SMILES string of the molecule is CCOC(=O)c1c(N/C=C(\C#N)c2nc(-c3ccccc3)cs2)sc(C(C)=O)c1C. The van der Waals surface area contributed by atoms with Crippen LogP contribution in [0.5, 0.6) is 0 Å². The van der Waals surface area contributed by atoms with Gasteiger partial charge < -0.3 is 10.1 Å². The van der Waals surface area contributed by atoms with E-state index in [4.69, 9.17) is 4.74 Å². The number of thiazole rings is 1. The highest BCUT2D eigenvalue weighted by Gasteiger charge is 2.24. The molecule has 2 heterocycles. The number of hydrogen-bond donors (Lipinski definition) is 1. The number of anilines is 1. The van der Waals surface area contributed by atoms with E-state index in [0.717, 1.165) is 11.3 Å². The topological polar surface area (TPSA) is 92.1 Å². The molecule has 0 saturated heterocycles. The predicted molar refractivity (Wildman–Crippen MR) is 120 cm³/mol. The minimum atomic E-state index is -0.506. The van der Waals surface area contributed by atoms with E-state index in [1.807, 2.05) is 35.7 Å². The van der Waals surface area contributed by atoms with E-state index in [-0.39, 0.29) is 12.4 Å². The molecule has 0 aliphatic rings. The van der Waals surface area contributed by atoms with Crippen molar-refractivity contribution in [3.63, 3.8) is 0 Å². The summed E-state index contributed by atoms with van der Waals surface area (Å²) in [6.45, 7) is 5.12. The first-order valence-corrected chi connectivity index (χ1v) is 10.8. The van der Waals surface area contributed by atoms with Gasteiger partial charge in [-0.05, 0) is 26.3 Å². The second-order valence-corrected chi connectivity index (χ2v) is 8.13. The number of carbonyl (C=O) groups is 2. The number of rotatable bonds is 7.